The van der Waals surface area contributed by atoms with Crippen LogP contribution in [-0.4, -0.2) is 52.2 Å². The predicted octanol–water partition coefficient (Wildman–Crippen LogP) is -1.19. The Bertz CT molecular complexity index is 382. The van der Waals surface area contributed by atoms with Crippen LogP contribution in [0.4, 0.5) is 0 Å². The molecular formula is C13H25N3O5. The number of aliphatic carboxylic acids is 1. The van der Waals surface area contributed by atoms with Crippen molar-refractivity contribution >= 4 is 17.8 Å². The molecule has 6 N–H and O–H groups in total. The third-order valence-corrected chi connectivity index (χ3v) is 2.80. The van der Waals surface area contributed by atoms with E-state index in [-0.39, 0.29) is 12.3 Å². The van der Waals surface area contributed by atoms with Crippen molar-refractivity contribution in [3.63, 3.8) is 0 Å². The van der Waals surface area contributed by atoms with Gasteiger partial charge in [0, 0.05) is 0 Å². The van der Waals surface area contributed by atoms with Crippen molar-refractivity contribution in [1.82, 2.24) is 10.6 Å². The highest BCUT2D eigenvalue weighted by atomic mass is 16.4. The number of aliphatic hydroxyl groups is 1. The molecule has 0 aromatic rings. The zero-order valence-electron chi connectivity index (χ0n) is 12.8. The number of nitrogens with one attached hydrogen (secondary N) is 2. The molecule has 0 aliphatic heterocycles. The topological polar surface area (TPSA) is 142 Å². The van der Waals surface area contributed by atoms with Gasteiger partial charge in [0.2, 0.25) is 11.8 Å². The number of hydrogen-bond donors (Lipinski definition) is 5. The Kier molecular flexibility index (Phi) is 7.90. The standard InChI is InChI=1S/C13H25N3O5/c1-6(2)5-9(13(20)21)15-12(19)10(8(4)17)16-11(18)7(3)14/h6-10,17H,5,14H2,1-4H3,(H,15,19)(H,16,18)(H,20,21). The summed E-state index contributed by atoms with van der Waals surface area (Å²) in [6.45, 7) is 6.41. The lowest BCUT2D eigenvalue weighted by Crippen LogP contribution is -2.57. The van der Waals surface area contributed by atoms with E-state index in [2.05, 4.69) is 10.6 Å². The molecule has 0 fully saturated rings. The maximum absolute atomic E-state index is 12.0. The highest BCUT2D eigenvalue weighted by Crippen LogP contribution is 2.06. The van der Waals surface area contributed by atoms with Gasteiger partial charge in [-0.1, -0.05) is 13.8 Å². The van der Waals surface area contributed by atoms with Crippen molar-refractivity contribution in [3.8, 4) is 0 Å². The number of carboxylic acid groups (broad SMARTS) is 1. The fourth-order valence-corrected chi connectivity index (χ4v) is 1.64. The van der Waals surface area contributed by atoms with E-state index in [1.807, 2.05) is 13.8 Å². The first-order chi connectivity index (χ1) is 9.56. The van der Waals surface area contributed by atoms with E-state index in [1.165, 1.54) is 13.8 Å². The minimum absolute atomic E-state index is 0.0649. The highest BCUT2D eigenvalue weighted by Gasteiger charge is 2.30. The molecule has 0 bridgehead atoms. The van der Waals surface area contributed by atoms with Crippen molar-refractivity contribution in [2.24, 2.45) is 11.7 Å². The third-order valence-electron chi connectivity index (χ3n) is 2.80. The second kappa shape index (κ2) is 8.58. The molecule has 0 aliphatic carbocycles. The van der Waals surface area contributed by atoms with Crippen LogP contribution in [0.1, 0.15) is 34.1 Å². The van der Waals surface area contributed by atoms with E-state index < -0.39 is 42.0 Å². The summed E-state index contributed by atoms with van der Waals surface area (Å²) < 4.78 is 0. The van der Waals surface area contributed by atoms with Crippen LogP contribution < -0.4 is 16.4 Å². The van der Waals surface area contributed by atoms with Gasteiger partial charge < -0.3 is 26.6 Å². The van der Waals surface area contributed by atoms with E-state index in [0.717, 1.165) is 0 Å². The zero-order chi connectivity index (χ0) is 16.7. The first-order valence-corrected chi connectivity index (χ1v) is 6.83. The molecule has 0 aliphatic rings. The van der Waals surface area contributed by atoms with Crippen LogP contribution >= 0.6 is 0 Å². The van der Waals surface area contributed by atoms with Gasteiger partial charge in [-0.15, -0.1) is 0 Å². The van der Waals surface area contributed by atoms with Crippen LogP contribution in [-0.2, 0) is 14.4 Å². The van der Waals surface area contributed by atoms with Gasteiger partial charge in [-0.25, -0.2) is 4.79 Å². The Balaban J connectivity index is 4.88. The zero-order valence-corrected chi connectivity index (χ0v) is 12.8. The van der Waals surface area contributed by atoms with Gasteiger partial charge in [-0.3, -0.25) is 9.59 Å². The van der Waals surface area contributed by atoms with Crippen LogP contribution in [0.3, 0.4) is 0 Å². The fraction of sp³-hybridized carbons (Fsp3) is 0.769. The fourth-order valence-electron chi connectivity index (χ4n) is 1.64. The molecule has 0 heterocycles. The number of amides is 2. The van der Waals surface area contributed by atoms with E-state index in [4.69, 9.17) is 10.8 Å². The molecule has 4 unspecified atom stereocenters. The van der Waals surface area contributed by atoms with Crippen molar-refractivity contribution in [3.05, 3.63) is 0 Å². The molecule has 0 aromatic carbocycles. The molecule has 122 valence electrons. The van der Waals surface area contributed by atoms with Crippen molar-refractivity contribution in [1.29, 1.82) is 0 Å². The second-order valence-electron chi connectivity index (χ2n) is 5.54. The van der Waals surface area contributed by atoms with Crippen LogP contribution in [0.25, 0.3) is 0 Å². The van der Waals surface area contributed by atoms with E-state index in [0.29, 0.717) is 0 Å². The molecule has 0 aromatic heterocycles. The largest absolute Gasteiger partial charge is 0.480 e. The Morgan fingerprint density at radius 2 is 1.57 bits per heavy atom. The Morgan fingerprint density at radius 1 is 1.05 bits per heavy atom. The summed E-state index contributed by atoms with van der Waals surface area (Å²) in [6, 6.07) is -3.17. The average molecular weight is 303 g/mol. The molecular weight excluding hydrogens is 278 g/mol. The number of carboxylic acids is 1. The van der Waals surface area contributed by atoms with Gasteiger partial charge >= 0.3 is 5.97 Å². The average Bonchev–Trinajstić information content (AvgIpc) is 2.33. The number of hydrogen-bond acceptors (Lipinski definition) is 5. The molecule has 8 heteroatoms. The smallest absolute Gasteiger partial charge is 0.326 e. The Morgan fingerprint density at radius 3 is 1.90 bits per heavy atom. The van der Waals surface area contributed by atoms with Gasteiger partial charge in [0.25, 0.3) is 0 Å². The van der Waals surface area contributed by atoms with Crippen molar-refractivity contribution < 1.29 is 24.6 Å². The number of nitrogens with two attached hydrogens (primary N) is 1. The van der Waals surface area contributed by atoms with Crippen molar-refractivity contribution in [2.75, 3.05) is 0 Å². The third kappa shape index (κ3) is 7.05. The molecule has 4 atom stereocenters. The van der Waals surface area contributed by atoms with Gasteiger partial charge in [0.1, 0.15) is 12.1 Å². The van der Waals surface area contributed by atoms with Gasteiger partial charge in [-0.2, -0.15) is 0 Å². The summed E-state index contributed by atoms with van der Waals surface area (Å²) in [5.41, 5.74) is 5.38. The van der Waals surface area contributed by atoms with Gasteiger partial charge in [-0.05, 0) is 26.2 Å². The van der Waals surface area contributed by atoms with Gasteiger partial charge in [0.15, 0.2) is 0 Å². The minimum atomic E-state index is -1.25. The summed E-state index contributed by atoms with van der Waals surface area (Å²) in [6.07, 6.45) is -0.935. The number of carbonyl (C=O) groups excluding carboxylic acids is 2. The first kappa shape index (κ1) is 19.3. The maximum Gasteiger partial charge on any atom is 0.326 e. The minimum Gasteiger partial charge on any atom is -0.480 e. The molecule has 21 heavy (non-hydrogen) atoms. The SMILES string of the molecule is CC(C)CC(NC(=O)C(NC(=O)C(C)N)C(C)O)C(=O)O. The lowest BCUT2D eigenvalue weighted by atomic mass is 10.0. The summed E-state index contributed by atoms with van der Waals surface area (Å²) >= 11 is 0. The summed E-state index contributed by atoms with van der Waals surface area (Å²) in [5.74, 6) is -2.46. The van der Waals surface area contributed by atoms with Gasteiger partial charge in [0.05, 0.1) is 12.1 Å². The number of aliphatic hydroxyl groups excluding tert-OH is 1. The first-order valence-electron chi connectivity index (χ1n) is 6.83. The highest BCUT2D eigenvalue weighted by molar-refractivity contribution is 5.92. The Labute approximate surface area is 124 Å². The van der Waals surface area contributed by atoms with Crippen LogP contribution in [0.15, 0.2) is 0 Å². The number of carbonyl (C=O) groups is 3. The molecule has 0 rings (SSSR count). The van der Waals surface area contributed by atoms with E-state index in [9.17, 15) is 19.5 Å². The van der Waals surface area contributed by atoms with Crippen LogP contribution in [0.2, 0.25) is 0 Å². The lowest BCUT2D eigenvalue weighted by molar-refractivity contribution is -0.143. The van der Waals surface area contributed by atoms with E-state index in [1.54, 1.807) is 0 Å². The Hall–Kier alpha value is -1.67. The molecule has 8 nitrogen and oxygen atoms in total. The number of rotatable bonds is 8. The predicted molar refractivity (Wildman–Crippen MR) is 76.3 cm³/mol. The van der Waals surface area contributed by atoms with Crippen LogP contribution in [0.5, 0.6) is 0 Å². The quantitative estimate of drug-likeness (QED) is 0.382. The summed E-state index contributed by atoms with van der Waals surface area (Å²) in [4.78, 5) is 34.7. The lowest BCUT2D eigenvalue weighted by Gasteiger charge is -2.24. The molecule has 0 spiro atoms. The molecule has 0 radical (unpaired) electrons. The molecule has 0 saturated carbocycles. The monoisotopic (exact) mass is 303 g/mol. The second-order valence-corrected chi connectivity index (χ2v) is 5.54. The molecule has 2 amide bonds. The van der Waals surface area contributed by atoms with E-state index >= 15 is 0 Å². The maximum atomic E-state index is 12.0. The normalized spacial score (nSPS) is 16.7. The summed E-state index contributed by atoms with van der Waals surface area (Å²) in [5, 5.41) is 23.3. The summed E-state index contributed by atoms with van der Waals surface area (Å²) in [7, 11) is 0. The molecule has 0 saturated heterocycles. The van der Waals surface area contributed by atoms with Crippen LogP contribution in [0, 0.1) is 5.92 Å². The van der Waals surface area contributed by atoms with Crippen molar-refractivity contribution in [2.45, 2.75) is 58.3 Å².